The van der Waals surface area contributed by atoms with Gasteiger partial charge in [-0.15, -0.1) is 0 Å². The van der Waals surface area contributed by atoms with Gasteiger partial charge in [0.1, 0.15) is 0 Å². The number of carbonyl (C=O) groups excluding carboxylic acids is 1. The molecule has 3 aliphatic rings. The van der Waals surface area contributed by atoms with E-state index in [9.17, 15) is 4.79 Å². The van der Waals surface area contributed by atoms with E-state index in [1.165, 1.54) is 12.8 Å². The molecule has 5 nitrogen and oxygen atoms in total. The van der Waals surface area contributed by atoms with E-state index >= 15 is 0 Å². The molecule has 26 heavy (non-hydrogen) atoms. The van der Waals surface area contributed by atoms with Gasteiger partial charge in [0.15, 0.2) is 17.3 Å². The quantitative estimate of drug-likeness (QED) is 0.768. The highest BCUT2D eigenvalue weighted by Crippen LogP contribution is 2.44. The summed E-state index contributed by atoms with van der Waals surface area (Å²) in [4.78, 5) is 14.9. The smallest absolute Gasteiger partial charge is 0.289 e. The van der Waals surface area contributed by atoms with Crippen LogP contribution < -0.4 is 9.47 Å². The maximum Gasteiger partial charge on any atom is 0.289 e. The number of amides is 1. The van der Waals surface area contributed by atoms with Gasteiger partial charge in [-0.1, -0.05) is 18.2 Å². The molecule has 134 valence electrons. The molecule has 2 aliphatic carbocycles. The van der Waals surface area contributed by atoms with Crippen LogP contribution in [0.2, 0.25) is 0 Å². The second-order valence-corrected chi connectivity index (χ2v) is 7.39. The van der Waals surface area contributed by atoms with Crippen LogP contribution in [-0.4, -0.2) is 24.1 Å². The third-order valence-electron chi connectivity index (χ3n) is 5.70. The molecule has 0 saturated heterocycles. The Kier molecular flexibility index (Phi) is 3.73. The zero-order valence-electron chi connectivity index (χ0n) is 14.5. The van der Waals surface area contributed by atoms with Gasteiger partial charge in [-0.2, -0.15) is 0 Å². The Morgan fingerprint density at radius 2 is 2.04 bits per heavy atom. The normalized spacial score (nSPS) is 25.0. The first-order valence-electron chi connectivity index (χ1n) is 9.16. The van der Waals surface area contributed by atoms with Crippen molar-refractivity contribution in [3.8, 4) is 11.5 Å². The number of furan rings is 1. The minimum absolute atomic E-state index is 0.0561. The van der Waals surface area contributed by atoms with Crippen LogP contribution in [0.15, 0.2) is 53.2 Å². The summed E-state index contributed by atoms with van der Waals surface area (Å²) in [6.45, 7) is 1.54. The molecular weight excluding hydrogens is 330 g/mol. The number of ether oxygens (including phenoxy) is 2. The number of hydrogen-bond donors (Lipinski definition) is 0. The van der Waals surface area contributed by atoms with Crippen molar-refractivity contribution >= 4 is 5.91 Å². The average Bonchev–Trinajstić information content (AvgIpc) is 3.44. The van der Waals surface area contributed by atoms with Gasteiger partial charge in [0.05, 0.1) is 6.26 Å². The minimum atomic E-state index is -0.0561. The monoisotopic (exact) mass is 351 g/mol. The number of benzene rings is 1. The SMILES string of the molecule is O=C(c1ccco1)N(Cc1ccc2c(c1)OCO2)C[C@@H]1C[C@@H]2C=C[C@H]1C2. The highest BCUT2D eigenvalue weighted by Gasteiger charge is 2.37. The molecule has 1 amide bonds. The lowest BCUT2D eigenvalue weighted by molar-refractivity contribution is 0.0672. The Hall–Kier alpha value is -2.69. The molecule has 5 heteroatoms. The van der Waals surface area contributed by atoms with E-state index < -0.39 is 0 Å². The molecule has 1 aromatic carbocycles. The molecule has 0 N–H and O–H groups in total. The maximum absolute atomic E-state index is 13.0. The first-order valence-corrected chi connectivity index (χ1v) is 9.16. The fourth-order valence-corrected chi connectivity index (χ4v) is 4.42. The van der Waals surface area contributed by atoms with Gasteiger partial charge >= 0.3 is 0 Å². The van der Waals surface area contributed by atoms with E-state index in [1.54, 1.807) is 18.4 Å². The molecule has 1 saturated carbocycles. The largest absolute Gasteiger partial charge is 0.459 e. The fourth-order valence-electron chi connectivity index (χ4n) is 4.42. The van der Waals surface area contributed by atoms with Crippen molar-refractivity contribution in [3.63, 3.8) is 0 Å². The van der Waals surface area contributed by atoms with Crippen LogP contribution in [0.25, 0.3) is 0 Å². The van der Waals surface area contributed by atoms with E-state index in [2.05, 4.69) is 12.2 Å². The minimum Gasteiger partial charge on any atom is -0.459 e. The molecule has 0 spiro atoms. The van der Waals surface area contributed by atoms with Gasteiger partial charge in [-0.3, -0.25) is 4.79 Å². The Morgan fingerprint density at radius 3 is 2.81 bits per heavy atom. The first kappa shape index (κ1) is 15.6. The lowest BCUT2D eigenvalue weighted by atomic mass is 9.93. The number of rotatable bonds is 5. The summed E-state index contributed by atoms with van der Waals surface area (Å²) in [5.41, 5.74) is 1.04. The van der Waals surface area contributed by atoms with E-state index in [-0.39, 0.29) is 12.7 Å². The van der Waals surface area contributed by atoms with E-state index in [0.717, 1.165) is 23.6 Å². The summed E-state index contributed by atoms with van der Waals surface area (Å²) in [5.74, 6) is 3.66. The second-order valence-electron chi connectivity index (χ2n) is 7.39. The van der Waals surface area contributed by atoms with E-state index in [4.69, 9.17) is 13.9 Å². The summed E-state index contributed by atoms with van der Waals surface area (Å²) < 4.78 is 16.2. The summed E-state index contributed by atoms with van der Waals surface area (Å²) in [5, 5.41) is 0. The van der Waals surface area contributed by atoms with Gasteiger partial charge in [0.25, 0.3) is 5.91 Å². The van der Waals surface area contributed by atoms with Crippen molar-refractivity contribution in [2.24, 2.45) is 17.8 Å². The van der Waals surface area contributed by atoms with Crippen LogP contribution in [0.3, 0.4) is 0 Å². The third kappa shape index (κ3) is 2.77. The standard InChI is InChI=1S/C21H21NO4/c23-21(19-2-1-7-24-19)22(12-17-9-14-3-5-16(17)8-14)11-15-4-6-18-20(10-15)26-13-25-18/h1-7,10,14,16-17H,8-9,11-13H2/t14-,16+,17+/m1/s1. The van der Waals surface area contributed by atoms with E-state index in [1.807, 2.05) is 23.1 Å². The van der Waals surface area contributed by atoms with Gasteiger partial charge in [0, 0.05) is 13.1 Å². The Balaban J connectivity index is 1.38. The highest BCUT2D eigenvalue weighted by molar-refractivity contribution is 5.91. The molecule has 0 unspecified atom stereocenters. The molecule has 0 radical (unpaired) electrons. The molecule has 2 heterocycles. The highest BCUT2D eigenvalue weighted by atomic mass is 16.7. The molecule has 1 aliphatic heterocycles. The summed E-state index contributed by atoms with van der Waals surface area (Å²) in [6, 6.07) is 9.36. The Morgan fingerprint density at radius 1 is 1.12 bits per heavy atom. The molecule has 3 atom stereocenters. The molecule has 2 aromatic rings. The second kappa shape index (κ2) is 6.24. The number of fused-ring (bicyclic) bond motifs is 3. The van der Waals surface area contributed by atoms with Gasteiger partial charge in [0.2, 0.25) is 6.79 Å². The fraction of sp³-hybridized carbons (Fsp3) is 0.381. The number of carbonyl (C=O) groups is 1. The van der Waals surface area contributed by atoms with Gasteiger partial charge in [-0.05, 0) is 60.4 Å². The van der Waals surface area contributed by atoms with Crippen molar-refractivity contribution in [3.05, 3.63) is 60.1 Å². The van der Waals surface area contributed by atoms with Crippen molar-refractivity contribution in [1.29, 1.82) is 0 Å². The maximum atomic E-state index is 13.0. The summed E-state index contributed by atoms with van der Waals surface area (Å²) >= 11 is 0. The van der Waals surface area contributed by atoms with Crippen molar-refractivity contribution < 1.29 is 18.7 Å². The van der Waals surface area contributed by atoms with Crippen LogP contribution in [0, 0.1) is 17.8 Å². The zero-order valence-corrected chi connectivity index (χ0v) is 14.5. The predicted octanol–water partition coefficient (Wildman–Crippen LogP) is 3.86. The van der Waals surface area contributed by atoms with Crippen molar-refractivity contribution in [2.75, 3.05) is 13.3 Å². The molecule has 1 aromatic heterocycles. The average molecular weight is 351 g/mol. The molecular formula is C21H21NO4. The number of nitrogens with zero attached hydrogens (tertiary/aromatic N) is 1. The summed E-state index contributed by atoms with van der Waals surface area (Å²) in [7, 11) is 0. The van der Waals surface area contributed by atoms with Crippen LogP contribution >= 0.6 is 0 Å². The topological polar surface area (TPSA) is 51.9 Å². The number of allylic oxidation sites excluding steroid dienone is 2. The van der Waals surface area contributed by atoms with Crippen LogP contribution in [0.4, 0.5) is 0 Å². The van der Waals surface area contributed by atoms with Crippen LogP contribution in [0.5, 0.6) is 11.5 Å². The lowest BCUT2D eigenvalue weighted by Gasteiger charge is -2.28. The molecule has 2 bridgehead atoms. The van der Waals surface area contributed by atoms with Crippen molar-refractivity contribution in [2.45, 2.75) is 19.4 Å². The Labute approximate surface area is 152 Å². The lowest BCUT2D eigenvalue weighted by Crippen LogP contribution is -2.36. The van der Waals surface area contributed by atoms with Gasteiger partial charge in [-0.25, -0.2) is 0 Å². The first-order chi connectivity index (χ1) is 12.8. The number of hydrogen-bond acceptors (Lipinski definition) is 4. The van der Waals surface area contributed by atoms with Crippen LogP contribution in [0.1, 0.15) is 29.0 Å². The zero-order chi connectivity index (χ0) is 17.5. The predicted molar refractivity (Wildman–Crippen MR) is 94.9 cm³/mol. The summed E-state index contributed by atoms with van der Waals surface area (Å²) in [6.07, 6.45) is 8.61. The molecule has 5 rings (SSSR count). The van der Waals surface area contributed by atoms with E-state index in [0.29, 0.717) is 30.1 Å². The van der Waals surface area contributed by atoms with Crippen molar-refractivity contribution in [1.82, 2.24) is 4.90 Å². The Bertz CT molecular complexity index is 842. The van der Waals surface area contributed by atoms with Gasteiger partial charge < -0.3 is 18.8 Å². The molecule has 1 fully saturated rings. The third-order valence-corrected chi connectivity index (χ3v) is 5.70. The van der Waals surface area contributed by atoms with Crippen LogP contribution in [-0.2, 0) is 6.54 Å².